The minimum Gasteiger partial charge on any atom is -0.346 e. The Hall–Kier alpha value is -2.49. The molecule has 3 rings (SSSR count). The van der Waals surface area contributed by atoms with Gasteiger partial charge in [-0.25, -0.2) is 4.98 Å². The lowest BCUT2D eigenvalue weighted by atomic mass is 10.0. The molecule has 0 atom stereocenters. The van der Waals surface area contributed by atoms with Crippen LogP contribution in [0.1, 0.15) is 0 Å². The van der Waals surface area contributed by atoms with Gasteiger partial charge in [0.15, 0.2) is 0 Å². The molecule has 2 aromatic heterocycles. The summed E-state index contributed by atoms with van der Waals surface area (Å²) in [6, 6.07) is 11.1. The average molecular weight is 223 g/mol. The Bertz CT molecular complexity index is 688. The van der Waals surface area contributed by atoms with Crippen LogP contribution in [0.2, 0.25) is 0 Å². The number of nitroso groups, excluding NO2 is 1. The van der Waals surface area contributed by atoms with Crippen LogP contribution >= 0.6 is 0 Å². The third kappa shape index (κ3) is 1.50. The lowest BCUT2D eigenvalue weighted by molar-refractivity contribution is 1.32. The van der Waals surface area contributed by atoms with Gasteiger partial charge in [0, 0.05) is 23.3 Å². The Morgan fingerprint density at radius 2 is 1.94 bits per heavy atom. The van der Waals surface area contributed by atoms with Crippen LogP contribution in [0.15, 0.2) is 54.0 Å². The Morgan fingerprint density at radius 3 is 2.82 bits per heavy atom. The maximum absolute atomic E-state index is 10.8. The second kappa shape index (κ2) is 3.83. The lowest BCUT2D eigenvalue weighted by Crippen LogP contribution is -1.82. The number of nitrogens with one attached hydrogen (secondary N) is 1. The molecule has 0 saturated heterocycles. The number of benzene rings is 1. The molecular weight excluding hydrogens is 214 g/mol. The van der Waals surface area contributed by atoms with Crippen molar-refractivity contribution in [1.29, 1.82) is 0 Å². The SMILES string of the molecule is O=Nc1ccccc1-c1ccnc2[nH]ccc12. The van der Waals surface area contributed by atoms with E-state index in [0.29, 0.717) is 5.69 Å². The number of aromatic nitrogens is 2. The molecule has 1 N–H and O–H groups in total. The monoisotopic (exact) mass is 223 g/mol. The standard InChI is InChI=1S/C13H9N3O/c17-16-12-4-2-1-3-10(12)9-5-7-14-13-11(9)6-8-15-13/h1-8H,(H,14,15). The normalized spacial score (nSPS) is 10.6. The van der Waals surface area contributed by atoms with Crippen LogP contribution in [0.3, 0.4) is 0 Å². The number of rotatable bonds is 2. The van der Waals surface area contributed by atoms with Crippen molar-refractivity contribution in [1.82, 2.24) is 9.97 Å². The third-order valence-corrected chi connectivity index (χ3v) is 2.75. The van der Waals surface area contributed by atoms with Crippen LogP contribution in [0.25, 0.3) is 22.2 Å². The number of hydrogen-bond donors (Lipinski definition) is 1. The van der Waals surface area contributed by atoms with Crippen molar-refractivity contribution >= 4 is 16.7 Å². The highest BCUT2D eigenvalue weighted by atomic mass is 16.3. The van der Waals surface area contributed by atoms with E-state index in [1.54, 1.807) is 18.3 Å². The zero-order valence-corrected chi connectivity index (χ0v) is 8.92. The summed E-state index contributed by atoms with van der Waals surface area (Å²) in [7, 11) is 0. The van der Waals surface area contributed by atoms with Crippen LogP contribution in [0, 0.1) is 4.91 Å². The van der Waals surface area contributed by atoms with Gasteiger partial charge in [0.2, 0.25) is 0 Å². The van der Waals surface area contributed by atoms with Gasteiger partial charge in [0.05, 0.1) is 0 Å². The molecule has 3 aromatic rings. The summed E-state index contributed by atoms with van der Waals surface area (Å²) in [6.45, 7) is 0. The first kappa shape index (κ1) is 9.72. The molecular formula is C13H9N3O. The predicted molar refractivity (Wildman–Crippen MR) is 67.0 cm³/mol. The van der Waals surface area contributed by atoms with E-state index in [4.69, 9.17) is 0 Å². The van der Waals surface area contributed by atoms with Gasteiger partial charge in [-0.3, -0.25) is 0 Å². The Labute approximate surface area is 97.3 Å². The largest absolute Gasteiger partial charge is 0.346 e. The fraction of sp³-hybridized carbons (Fsp3) is 0. The smallest absolute Gasteiger partial charge is 0.137 e. The zero-order chi connectivity index (χ0) is 11.7. The second-order valence-corrected chi connectivity index (χ2v) is 3.71. The van der Waals surface area contributed by atoms with Crippen molar-refractivity contribution in [2.45, 2.75) is 0 Å². The van der Waals surface area contributed by atoms with Crippen LogP contribution in [0.4, 0.5) is 5.69 Å². The fourth-order valence-corrected chi connectivity index (χ4v) is 1.98. The van der Waals surface area contributed by atoms with Crippen LogP contribution in [0.5, 0.6) is 0 Å². The molecule has 1 aromatic carbocycles. The second-order valence-electron chi connectivity index (χ2n) is 3.71. The summed E-state index contributed by atoms with van der Waals surface area (Å²) in [5.41, 5.74) is 3.05. The molecule has 17 heavy (non-hydrogen) atoms. The lowest BCUT2D eigenvalue weighted by Gasteiger charge is -2.04. The van der Waals surface area contributed by atoms with Crippen molar-refractivity contribution in [3.63, 3.8) is 0 Å². The van der Waals surface area contributed by atoms with Gasteiger partial charge in [0.1, 0.15) is 11.3 Å². The van der Waals surface area contributed by atoms with Crippen LogP contribution in [-0.4, -0.2) is 9.97 Å². The molecule has 0 aliphatic rings. The highest BCUT2D eigenvalue weighted by Crippen LogP contribution is 2.33. The van der Waals surface area contributed by atoms with E-state index >= 15 is 0 Å². The fourth-order valence-electron chi connectivity index (χ4n) is 1.98. The van der Waals surface area contributed by atoms with Gasteiger partial charge in [-0.15, -0.1) is 4.91 Å². The van der Waals surface area contributed by atoms with Crippen molar-refractivity contribution in [3.8, 4) is 11.1 Å². The Morgan fingerprint density at radius 1 is 1.06 bits per heavy atom. The van der Waals surface area contributed by atoms with E-state index in [-0.39, 0.29) is 0 Å². The van der Waals surface area contributed by atoms with E-state index in [1.165, 1.54) is 0 Å². The highest BCUT2D eigenvalue weighted by Gasteiger charge is 2.09. The van der Waals surface area contributed by atoms with E-state index in [9.17, 15) is 4.91 Å². The number of pyridine rings is 1. The van der Waals surface area contributed by atoms with E-state index < -0.39 is 0 Å². The van der Waals surface area contributed by atoms with Gasteiger partial charge in [-0.05, 0) is 28.9 Å². The van der Waals surface area contributed by atoms with Crippen molar-refractivity contribution in [2.24, 2.45) is 5.18 Å². The minimum atomic E-state index is 0.446. The summed E-state index contributed by atoms with van der Waals surface area (Å²) >= 11 is 0. The molecule has 0 bridgehead atoms. The van der Waals surface area contributed by atoms with Crippen molar-refractivity contribution in [3.05, 3.63) is 53.7 Å². The molecule has 0 amide bonds. The van der Waals surface area contributed by atoms with E-state index in [2.05, 4.69) is 15.1 Å². The molecule has 0 unspecified atom stereocenters. The zero-order valence-electron chi connectivity index (χ0n) is 8.92. The molecule has 0 saturated carbocycles. The first-order valence-corrected chi connectivity index (χ1v) is 5.25. The summed E-state index contributed by atoms with van der Waals surface area (Å²) in [4.78, 5) is 18.1. The maximum Gasteiger partial charge on any atom is 0.137 e. The van der Waals surface area contributed by atoms with Crippen molar-refractivity contribution in [2.75, 3.05) is 0 Å². The molecule has 0 radical (unpaired) electrons. The molecule has 82 valence electrons. The molecule has 0 spiro atoms. The quantitative estimate of drug-likeness (QED) is 0.674. The first-order valence-electron chi connectivity index (χ1n) is 5.25. The maximum atomic E-state index is 10.8. The molecule has 0 aliphatic heterocycles. The van der Waals surface area contributed by atoms with Gasteiger partial charge >= 0.3 is 0 Å². The van der Waals surface area contributed by atoms with E-state index in [1.807, 2.05) is 30.5 Å². The van der Waals surface area contributed by atoms with Crippen LogP contribution in [-0.2, 0) is 0 Å². The number of H-pyrrole nitrogens is 1. The summed E-state index contributed by atoms with van der Waals surface area (Å²) in [5.74, 6) is 0. The molecule has 4 nitrogen and oxygen atoms in total. The van der Waals surface area contributed by atoms with Gasteiger partial charge < -0.3 is 4.98 Å². The topological polar surface area (TPSA) is 58.1 Å². The highest BCUT2D eigenvalue weighted by molar-refractivity contribution is 5.95. The van der Waals surface area contributed by atoms with Gasteiger partial charge in [-0.2, -0.15) is 0 Å². The summed E-state index contributed by atoms with van der Waals surface area (Å²) in [6.07, 6.45) is 3.55. The third-order valence-electron chi connectivity index (χ3n) is 2.75. The average Bonchev–Trinajstić information content (AvgIpc) is 2.86. The number of nitrogens with zero attached hydrogens (tertiary/aromatic N) is 2. The van der Waals surface area contributed by atoms with Gasteiger partial charge in [-0.1, -0.05) is 18.2 Å². The molecule has 2 heterocycles. The minimum absolute atomic E-state index is 0.446. The summed E-state index contributed by atoms with van der Waals surface area (Å²) in [5, 5.41) is 4.05. The molecule has 0 fully saturated rings. The summed E-state index contributed by atoms with van der Waals surface area (Å²) < 4.78 is 0. The first-order chi connectivity index (χ1) is 8.40. The number of hydrogen-bond acceptors (Lipinski definition) is 3. The molecule has 0 aliphatic carbocycles. The Balaban J connectivity index is 2.34. The van der Waals surface area contributed by atoms with E-state index in [0.717, 1.165) is 22.2 Å². The van der Waals surface area contributed by atoms with Gasteiger partial charge in [0.25, 0.3) is 0 Å². The van der Waals surface area contributed by atoms with Crippen LogP contribution < -0.4 is 0 Å². The van der Waals surface area contributed by atoms with Crippen molar-refractivity contribution < 1.29 is 0 Å². The number of aromatic amines is 1. The predicted octanol–water partition coefficient (Wildman–Crippen LogP) is 3.63. The number of fused-ring (bicyclic) bond motifs is 1. The molecule has 4 heteroatoms. The Kier molecular flexibility index (Phi) is 2.19.